The van der Waals surface area contributed by atoms with E-state index in [0.29, 0.717) is 10.9 Å². The zero-order chi connectivity index (χ0) is 19.2. The topological polar surface area (TPSA) is 71.1 Å². The highest BCUT2D eigenvalue weighted by atomic mass is 32.2. The van der Waals surface area contributed by atoms with Gasteiger partial charge in [0, 0.05) is 29.0 Å². The van der Waals surface area contributed by atoms with Gasteiger partial charge in [-0.05, 0) is 23.6 Å². The van der Waals surface area contributed by atoms with Gasteiger partial charge in [-0.25, -0.2) is 9.78 Å². The molecular weight excluding hydrogens is 378 g/mol. The molecule has 0 fully saturated rings. The number of nitrogens with zero attached hydrogens (tertiary/aromatic N) is 1. The smallest absolute Gasteiger partial charge is 0.321 e. The molecule has 140 valence electrons. The molecule has 0 saturated heterocycles. The first-order valence-corrected chi connectivity index (χ1v) is 11.0. The van der Waals surface area contributed by atoms with Crippen molar-refractivity contribution in [1.29, 1.82) is 0 Å². The summed E-state index contributed by atoms with van der Waals surface area (Å²) in [5.74, 6) is 0.351. The lowest BCUT2D eigenvalue weighted by molar-refractivity contribution is 0.249. The maximum Gasteiger partial charge on any atom is 0.321 e. The van der Waals surface area contributed by atoms with Crippen molar-refractivity contribution in [3.63, 3.8) is 0 Å². The molecular formula is C20H21N3O2S2. The number of carbonyl (C=O) groups is 1. The minimum atomic E-state index is -1.04. The fraction of sp³-hybridized carbons (Fsp3) is 0.200. The average molecular weight is 400 g/mol. The minimum Gasteiger partial charge on any atom is -0.330 e. The summed E-state index contributed by atoms with van der Waals surface area (Å²) in [6, 6.07) is 16.9. The highest BCUT2D eigenvalue weighted by molar-refractivity contribution is 7.84. The first kappa shape index (κ1) is 19.3. The number of amides is 2. The van der Waals surface area contributed by atoms with Gasteiger partial charge in [-0.1, -0.05) is 65.9 Å². The van der Waals surface area contributed by atoms with Crippen LogP contribution in [0, 0.1) is 6.92 Å². The van der Waals surface area contributed by atoms with E-state index in [1.165, 1.54) is 11.3 Å². The number of urea groups is 1. The van der Waals surface area contributed by atoms with Crippen molar-refractivity contribution in [2.24, 2.45) is 0 Å². The highest BCUT2D eigenvalue weighted by Crippen LogP contribution is 2.31. The first-order chi connectivity index (χ1) is 13.0. The van der Waals surface area contributed by atoms with Crippen molar-refractivity contribution in [2.45, 2.75) is 13.0 Å². The van der Waals surface area contributed by atoms with Crippen LogP contribution in [-0.4, -0.2) is 27.2 Å². The molecule has 2 amide bonds. The molecule has 0 saturated carbocycles. The van der Waals surface area contributed by atoms with E-state index in [-0.39, 0.29) is 12.1 Å². The van der Waals surface area contributed by atoms with Gasteiger partial charge in [0.1, 0.15) is 0 Å². The molecule has 1 aromatic heterocycles. The summed E-state index contributed by atoms with van der Waals surface area (Å²) in [5.41, 5.74) is 3.18. The Morgan fingerprint density at radius 1 is 1.15 bits per heavy atom. The maximum atomic E-state index is 12.4. The van der Waals surface area contributed by atoms with Crippen LogP contribution >= 0.6 is 11.3 Å². The molecule has 7 heteroatoms. The number of aromatic nitrogens is 1. The fourth-order valence-corrected chi connectivity index (χ4v) is 4.39. The van der Waals surface area contributed by atoms with Crippen molar-refractivity contribution in [3.05, 3.63) is 71.9 Å². The van der Waals surface area contributed by atoms with Crippen LogP contribution < -0.4 is 10.6 Å². The molecule has 0 unspecified atom stereocenters. The molecule has 5 nitrogen and oxygen atoms in total. The number of rotatable bonds is 6. The Bertz CT molecular complexity index is 941. The molecule has 0 aliphatic carbocycles. The summed E-state index contributed by atoms with van der Waals surface area (Å²) in [7, 11) is -1.04. The highest BCUT2D eigenvalue weighted by Gasteiger charge is 2.17. The van der Waals surface area contributed by atoms with E-state index in [4.69, 9.17) is 0 Å². The van der Waals surface area contributed by atoms with Crippen LogP contribution in [0.2, 0.25) is 0 Å². The number of anilines is 1. The maximum absolute atomic E-state index is 12.4. The number of hydrogen-bond donors (Lipinski definition) is 2. The molecule has 0 aliphatic rings. The van der Waals surface area contributed by atoms with E-state index in [0.717, 1.165) is 21.6 Å². The Kier molecular flexibility index (Phi) is 6.36. The van der Waals surface area contributed by atoms with Crippen LogP contribution in [0.25, 0.3) is 10.4 Å². The predicted molar refractivity (Wildman–Crippen MR) is 113 cm³/mol. The normalized spacial score (nSPS) is 13.0. The van der Waals surface area contributed by atoms with Gasteiger partial charge in [0.15, 0.2) is 5.13 Å². The summed E-state index contributed by atoms with van der Waals surface area (Å²) in [6.45, 7) is 2.05. The van der Waals surface area contributed by atoms with Gasteiger partial charge >= 0.3 is 6.03 Å². The first-order valence-electron chi connectivity index (χ1n) is 8.47. The standard InChI is InChI=1S/C20H21N3O2S2/c1-14-8-6-7-11-16(14)18-12-21-20(26-18)23-19(24)22-17(13-27(2)25)15-9-4-3-5-10-15/h3-12,17H,13H2,1-2H3,(H2,21,22,23,24)/t17-,27-/m0/s1. The number of aryl methyl sites for hydroxylation is 1. The summed E-state index contributed by atoms with van der Waals surface area (Å²) in [6.07, 6.45) is 3.39. The van der Waals surface area contributed by atoms with Crippen LogP contribution in [0.15, 0.2) is 60.8 Å². The van der Waals surface area contributed by atoms with Crippen LogP contribution in [0.1, 0.15) is 17.2 Å². The zero-order valence-corrected chi connectivity index (χ0v) is 16.8. The third-order valence-electron chi connectivity index (χ3n) is 4.05. The van der Waals surface area contributed by atoms with Gasteiger partial charge < -0.3 is 5.32 Å². The van der Waals surface area contributed by atoms with Crippen molar-refractivity contribution < 1.29 is 9.00 Å². The molecule has 2 aromatic carbocycles. The quantitative estimate of drug-likeness (QED) is 0.647. The van der Waals surface area contributed by atoms with E-state index in [1.807, 2.05) is 61.5 Å². The molecule has 0 bridgehead atoms. The number of nitrogens with one attached hydrogen (secondary N) is 2. The van der Waals surface area contributed by atoms with E-state index in [9.17, 15) is 9.00 Å². The summed E-state index contributed by atoms with van der Waals surface area (Å²) >= 11 is 1.42. The Morgan fingerprint density at radius 3 is 2.56 bits per heavy atom. The second-order valence-electron chi connectivity index (χ2n) is 6.15. The Labute approximate surface area is 165 Å². The summed E-state index contributed by atoms with van der Waals surface area (Å²) in [4.78, 5) is 17.7. The van der Waals surface area contributed by atoms with Crippen molar-refractivity contribution in [2.75, 3.05) is 17.3 Å². The van der Waals surface area contributed by atoms with Gasteiger partial charge in [0.05, 0.1) is 10.9 Å². The number of thiazole rings is 1. The van der Waals surface area contributed by atoms with Crippen LogP contribution in [0.3, 0.4) is 0 Å². The predicted octanol–water partition coefficient (Wildman–Crippen LogP) is 4.36. The molecule has 27 heavy (non-hydrogen) atoms. The molecule has 0 radical (unpaired) electrons. The van der Waals surface area contributed by atoms with Gasteiger partial charge in [0.2, 0.25) is 0 Å². The van der Waals surface area contributed by atoms with Gasteiger partial charge in [-0.3, -0.25) is 9.53 Å². The molecule has 3 rings (SSSR count). The second-order valence-corrected chi connectivity index (χ2v) is 8.66. The number of carbonyl (C=O) groups excluding carboxylic acids is 1. The molecule has 0 aliphatic heterocycles. The zero-order valence-electron chi connectivity index (χ0n) is 15.1. The fourth-order valence-electron chi connectivity index (χ4n) is 2.74. The molecule has 0 spiro atoms. The van der Waals surface area contributed by atoms with Crippen LogP contribution in [0.4, 0.5) is 9.93 Å². The van der Waals surface area contributed by atoms with E-state index in [1.54, 1.807) is 12.5 Å². The summed E-state index contributed by atoms with van der Waals surface area (Å²) < 4.78 is 11.7. The van der Waals surface area contributed by atoms with Crippen molar-refractivity contribution >= 4 is 33.3 Å². The minimum absolute atomic E-state index is 0.326. The van der Waals surface area contributed by atoms with Gasteiger partial charge in [-0.15, -0.1) is 0 Å². The third kappa shape index (κ3) is 5.24. The van der Waals surface area contributed by atoms with Gasteiger partial charge in [-0.2, -0.15) is 0 Å². The van der Waals surface area contributed by atoms with E-state index < -0.39 is 10.8 Å². The average Bonchev–Trinajstić information content (AvgIpc) is 3.10. The lowest BCUT2D eigenvalue weighted by atomic mass is 10.1. The number of benzene rings is 2. The molecule has 3 aromatic rings. The van der Waals surface area contributed by atoms with E-state index in [2.05, 4.69) is 15.6 Å². The Hall–Kier alpha value is -2.51. The summed E-state index contributed by atoms with van der Waals surface area (Å²) in [5, 5.41) is 6.20. The van der Waals surface area contributed by atoms with Crippen LogP contribution in [0.5, 0.6) is 0 Å². The molecule has 2 atom stereocenters. The van der Waals surface area contributed by atoms with Crippen LogP contribution in [-0.2, 0) is 10.8 Å². The largest absolute Gasteiger partial charge is 0.330 e. The van der Waals surface area contributed by atoms with Gasteiger partial charge in [0.25, 0.3) is 0 Å². The third-order valence-corrected chi connectivity index (χ3v) is 5.79. The van der Waals surface area contributed by atoms with E-state index >= 15 is 0 Å². The monoisotopic (exact) mass is 399 g/mol. The second kappa shape index (κ2) is 8.92. The van der Waals surface area contributed by atoms with Crippen molar-refractivity contribution in [1.82, 2.24) is 10.3 Å². The van der Waals surface area contributed by atoms with Crippen molar-refractivity contribution in [3.8, 4) is 10.4 Å². The lowest BCUT2D eigenvalue weighted by Gasteiger charge is -2.18. The molecule has 1 heterocycles. The Morgan fingerprint density at radius 2 is 1.85 bits per heavy atom. The lowest BCUT2D eigenvalue weighted by Crippen LogP contribution is -2.35. The Balaban J connectivity index is 1.69. The SMILES string of the molecule is Cc1ccccc1-c1cnc(NC(=O)N[C@@H](C[S@](C)=O)c2ccccc2)s1. The molecule has 2 N–H and O–H groups in total. The number of hydrogen-bond acceptors (Lipinski definition) is 4.